The fourth-order valence-corrected chi connectivity index (χ4v) is 2.36. The zero-order valence-electron chi connectivity index (χ0n) is 10.8. The molecule has 0 amide bonds. The van der Waals surface area contributed by atoms with Gasteiger partial charge in [0.15, 0.2) is 0 Å². The lowest BCUT2D eigenvalue weighted by Crippen LogP contribution is -2.40. The van der Waals surface area contributed by atoms with Crippen LogP contribution < -0.4 is 5.32 Å². The molecule has 1 fully saturated rings. The molecule has 2 nitrogen and oxygen atoms in total. The Morgan fingerprint density at radius 3 is 2.73 bits per heavy atom. The van der Waals surface area contributed by atoms with Crippen LogP contribution in [0, 0.1) is 0 Å². The lowest BCUT2D eigenvalue weighted by atomic mass is 10.1. The molecule has 1 saturated heterocycles. The second-order valence-corrected chi connectivity index (χ2v) is 4.90. The summed E-state index contributed by atoms with van der Waals surface area (Å²) in [7, 11) is 0. The van der Waals surface area contributed by atoms with Gasteiger partial charge in [-0.05, 0) is 39.3 Å². The normalized spacial score (nSPS) is 29.0. The molecule has 1 aliphatic heterocycles. The Bertz CT molecular complexity index is 159. The monoisotopic (exact) mass is 212 g/mol. The molecule has 0 aromatic heterocycles. The molecule has 0 radical (unpaired) electrons. The van der Waals surface area contributed by atoms with Crippen LogP contribution in [-0.2, 0) is 0 Å². The van der Waals surface area contributed by atoms with Crippen LogP contribution in [0.2, 0.25) is 0 Å². The zero-order chi connectivity index (χ0) is 11.1. The van der Waals surface area contributed by atoms with Crippen molar-refractivity contribution in [2.24, 2.45) is 0 Å². The van der Waals surface area contributed by atoms with E-state index in [4.69, 9.17) is 0 Å². The maximum absolute atomic E-state index is 3.64. The molecule has 1 rings (SSSR count). The Hall–Kier alpha value is -0.0800. The maximum Gasteiger partial charge on any atom is 0.0192 e. The van der Waals surface area contributed by atoms with E-state index in [0.717, 1.165) is 12.1 Å². The molecule has 0 bridgehead atoms. The molecular formula is C13H28N2. The van der Waals surface area contributed by atoms with Crippen LogP contribution in [0.5, 0.6) is 0 Å². The summed E-state index contributed by atoms with van der Waals surface area (Å²) in [6.07, 6.45) is 6.65. The average Bonchev–Trinajstić information content (AvgIpc) is 2.42. The van der Waals surface area contributed by atoms with Gasteiger partial charge in [0.25, 0.3) is 0 Å². The second kappa shape index (κ2) is 7.24. The van der Waals surface area contributed by atoms with Gasteiger partial charge in [-0.15, -0.1) is 0 Å². The van der Waals surface area contributed by atoms with Crippen LogP contribution in [-0.4, -0.2) is 36.6 Å². The van der Waals surface area contributed by atoms with Crippen molar-refractivity contribution >= 4 is 0 Å². The molecule has 1 N–H and O–H groups in total. The predicted octanol–water partition coefficient (Wildman–Crippen LogP) is 2.64. The number of hydrogen-bond donors (Lipinski definition) is 1. The standard InChI is InChI=1S/C13H28N2/c1-4-6-7-10-15-11-13(5-2)14-9-8-12(15)3/h12-14H,4-11H2,1-3H3. The Morgan fingerprint density at radius 1 is 1.27 bits per heavy atom. The molecule has 90 valence electrons. The van der Waals surface area contributed by atoms with Crippen LogP contribution in [0.1, 0.15) is 52.9 Å². The molecular weight excluding hydrogens is 184 g/mol. The fraction of sp³-hybridized carbons (Fsp3) is 1.00. The van der Waals surface area contributed by atoms with Crippen molar-refractivity contribution in [3.63, 3.8) is 0 Å². The van der Waals surface area contributed by atoms with E-state index in [1.807, 2.05) is 0 Å². The Kier molecular flexibility index (Phi) is 6.26. The number of unbranched alkanes of at least 4 members (excludes halogenated alkanes) is 2. The molecule has 1 heterocycles. The quantitative estimate of drug-likeness (QED) is 0.705. The Labute approximate surface area is 95.4 Å². The van der Waals surface area contributed by atoms with Gasteiger partial charge in [-0.25, -0.2) is 0 Å². The van der Waals surface area contributed by atoms with Gasteiger partial charge >= 0.3 is 0 Å². The van der Waals surface area contributed by atoms with Crippen molar-refractivity contribution < 1.29 is 0 Å². The van der Waals surface area contributed by atoms with Crippen LogP contribution >= 0.6 is 0 Å². The third kappa shape index (κ3) is 4.52. The second-order valence-electron chi connectivity index (χ2n) is 4.90. The Morgan fingerprint density at radius 2 is 2.07 bits per heavy atom. The van der Waals surface area contributed by atoms with Crippen LogP contribution in [0.4, 0.5) is 0 Å². The minimum Gasteiger partial charge on any atom is -0.313 e. The molecule has 0 aromatic carbocycles. The summed E-state index contributed by atoms with van der Waals surface area (Å²) in [5.74, 6) is 0. The summed E-state index contributed by atoms with van der Waals surface area (Å²) in [4.78, 5) is 2.68. The van der Waals surface area contributed by atoms with Crippen molar-refractivity contribution in [2.45, 2.75) is 65.0 Å². The highest BCUT2D eigenvalue weighted by Crippen LogP contribution is 2.12. The van der Waals surface area contributed by atoms with Crippen molar-refractivity contribution in [3.8, 4) is 0 Å². The van der Waals surface area contributed by atoms with E-state index in [1.54, 1.807) is 0 Å². The molecule has 1 aliphatic rings. The fourth-order valence-electron chi connectivity index (χ4n) is 2.36. The number of hydrogen-bond acceptors (Lipinski definition) is 2. The highest BCUT2D eigenvalue weighted by molar-refractivity contribution is 4.79. The first-order valence-electron chi connectivity index (χ1n) is 6.75. The topological polar surface area (TPSA) is 15.3 Å². The van der Waals surface area contributed by atoms with E-state index in [2.05, 4.69) is 31.0 Å². The molecule has 15 heavy (non-hydrogen) atoms. The molecule has 0 aliphatic carbocycles. The third-order valence-electron chi connectivity index (χ3n) is 3.62. The van der Waals surface area contributed by atoms with Gasteiger partial charge in [0, 0.05) is 18.6 Å². The van der Waals surface area contributed by atoms with Crippen molar-refractivity contribution in [1.29, 1.82) is 0 Å². The largest absolute Gasteiger partial charge is 0.313 e. The minimum atomic E-state index is 0.719. The van der Waals surface area contributed by atoms with Crippen LogP contribution in [0.25, 0.3) is 0 Å². The van der Waals surface area contributed by atoms with Gasteiger partial charge in [0.05, 0.1) is 0 Å². The average molecular weight is 212 g/mol. The zero-order valence-corrected chi connectivity index (χ0v) is 10.8. The summed E-state index contributed by atoms with van der Waals surface area (Å²) < 4.78 is 0. The molecule has 2 unspecified atom stereocenters. The third-order valence-corrected chi connectivity index (χ3v) is 3.62. The van der Waals surface area contributed by atoms with E-state index < -0.39 is 0 Å². The first kappa shape index (κ1) is 13.0. The van der Waals surface area contributed by atoms with Gasteiger partial charge in [0.2, 0.25) is 0 Å². The molecule has 0 saturated carbocycles. The van der Waals surface area contributed by atoms with Crippen LogP contribution in [0.15, 0.2) is 0 Å². The van der Waals surface area contributed by atoms with Gasteiger partial charge in [-0.3, -0.25) is 4.90 Å². The van der Waals surface area contributed by atoms with Gasteiger partial charge in [-0.2, -0.15) is 0 Å². The van der Waals surface area contributed by atoms with Gasteiger partial charge in [0.1, 0.15) is 0 Å². The summed E-state index contributed by atoms with van der Waals surface area (Å²) in [6, 6.07) is 1.49. The smallest absolute Gasteiger partial charge is 0.0192 e. The summed E-state index contributed by atoms with van der Waals surface area (Å²) in [6.45, 7) is 10.7. The van der Waals surface area contributed by atoms with E-state index in [1.165, 1.54) is 51.7 Å². The maximum atomic E-state index is 3.64. The summed E-state index contributed by atoms with van der Waals surface area (Å²) in [5, 5.41) is 3.64. The predicted molar refractivity (Wildman–Crippen MR) is 67.3 cm³/mol. The van der Waals surface area contributed by atoms with Crippen molar-refractivity contribution in [2.75, 3.05) is 19.6 Å². The van der Waals surface area contributed by atoms with Crippen molar-refractivity contribution in [1.82, 2.24) is 10.2 Å². The number of rotatable bonds is 5. The van der Waals surface area contributed by atoms with E-state index in [0.29, 0.717) is 0 Å². The first-order valence-corrected chi connectivity index (χ1v) is 6.75. The van der Waals surface area contributed by atoms with E-state index in [-0.39, 0.29) is 0 Å². The van der Waals surface area contributed by atoms with E-state index in [9.17, 15) is 0 Å². The number of nitrogens with zero attached hydrogens (tertiary/aromatic N) is 1. The lowest BCUT2D eigenvalue weighted by molar-refractivity contribution is 0.199. The lowest BCUT2D eigenvalue weighted by Gasteiger charge is -2.28. The Balaban J connectivity index is 2.35. The van der Waals surface area contributed by atoms with Crippen LogP contribution in [0.3, 0.4) is 0 Å². The highest BCUT2D eigenvalue weighted by Gasteiger charge is 2.20. The summed E-state index contributed by atoms with van der Waals surface area (Å²) >= 11 is 0. The SMILES string of the molecule is CCCCCN1CC(CC)NCCC1C. The first-order chi connectivity index (χ1) is 7.27. The molecule has 0 aromatic rings. The molecule has 2 heteroatoms. The molecule has 2 atom stereocenters. The minimum absolute atomic E-state index is 0.719. The van der Waals surface area contributed by atoms with Crippen molar-refractivity contribution in [3.05, 3.63) is 0 Å². The highest BCUT2D eigenvalue weighted by atomic mass is 15.2. The summed E-state index contributed by atoms with van der Waals surface area (Å²) in [5.41, 5.74) is 0. The molecule has 0 spiro atoms. The van der Waals surface area contributed by atoms with Gasteiger partial charge < -0.3 is 5.32 Å². The van der Waals surface area contributed by atoms with E-state index >= 15 is 0 Å². The number of nitrogens with one attached hydrogen (secondary N) is 1. The van der Waals surface area contributed by atoms with Gasteiger partial charge in [-0.1, -0.05) is 26.7 Å².